The number of benzene rings is 2. The Morgan fingerprint density at radius 3 is 2.22 bits per heavy atom. The molecule has 0 atom stereocenters. The minimum atomic E-state index is -0.599. The molecule has 1 heterocycles. The van der Waals surface area contributed by atoms with Crippen molar-refractivity contribution in [1.82, 2.24) is 4.98 Å². The van der Waals surface area contributed by atoms with Crippen LogP contribution in [0, 0.1) is 5.92 Å². The monoisotopic (exact) mass is 435 g/mol. The maximum absolute atomic E-state index is 11.7. The van der Waals surface area contributed by atoms with Crippen molar-refractivity contribution in [2.75, 3.05) is 7.11 Å². The highest BCUT2D eigenvalue weighted by Crippen LogP contribution is 2.33. The van der Waals surface area contributed by atoms with E-state index in [0.29, 0.717) is 12.2 Å². The third-order valence-corrected chi connectivity index (χ3v) is 5.19. The fraction of sp³-hybridized carbons (Fsp3) is 0.346. The Morgan fingerprint density at radius 2 is 1.62 bits per heavy atom. The minimum Gasteiger partial charge on any atom is -0.497 e. The van der Waals surface area contributed by atoms with Crippen LogP contribution < -0.4 is 14.2 Å². The van der Waals surface area contributed by atoms with Crippen molar-refractivity contribution in [3.8, 4) is 17.2 Å². The highest BCUT2D eigenvalue weighted by molar-refractivity contribution is 6.00. The summed E-state index contributed by atoms with van der Waals surface area (Å²) in [6.45, 7) is 7.14. The van der Waals surface area contributed by atoms with Crippen LogP contribution in [0.25, 0.3) is 10.9 Å². The fourth-order valence-corrected chi connectivity index (χ4v) is 3.49. The van der Waals surface area contributed by atoms with E-state index in [-0.39, 0.29) is 24.3 Å². The van der Waals surface area contributed by atoms with Crippen LogP contribution in [0.1, 0.15) is 38.8 Å². The van der Waals surface area contributed by atoms with Crippen molar-refractivity contribution in [2.24, 2.45) is 5.92 Å². The van der Waals surface area contributed by atoms with Crippen LogP contribution in [-0.4, -0.2) is 29.8 Å². The van der Waals surface area contributed by atoms with Crippen LogP contribution >= 0.6 is 0 Å². The molecule has 0 saturated carbocycles. The van der Waals surface area contributed by atoms with Gasteiger partial charge in [-0.05, 0) is 70.0 Å². The Kier molecular flexibility index (Phi) is 7.46. The number of carbonyl (C=O) groups is 2. The molecule has 0 spiro atoms. The van der Waals surface area contributed by atoms with Gasteiger partial charge in [-0.1, -0.05) is 12.1 Å². The van der Waals surface area contributed by atoms with Gasteiger partial charge in [0.1, 0.15) is 35.4 Å². The second kappa shape index (κ2) is 10.3. The normalized spacial score (nSPS) is 11.1. The molecule has 0 radical (unpaired) electrons. The number of Topliss-reactive ketones (excluding diaryl/α,β-unsaturated/α-hetero) is 2. The Morgan fingerprint density at radius 1 is 0.969 bits per heavy atom. The van der Waals surface area contributed by atoms with Gasteiger partial charge in [-0.25, -0.2) is 0 Å². The summed E-state index contributed by atoms with van der Waals surface area (Å²) >= 11 is 0. The Labute approximate surface area is 188 Å². The van der Waals surface area contributed by atoms with Gasteiger partial charge in [0.15, 0.2) is 0 Å². The number of methoxy groups -OCH3 is 1. The topological polar surface area (TPSA) is 74.7 Å². The Hall–Kier alpha value is -3.41. The number of hydrogen-bond acceptors (Lipinski definition) is 6. The lowest BCUT2D eigenvalue weighted by atomic mass is 9.93. The van der Waals surface area contributed by atoms with Gasteiger partial charge in [0.2, 0.25) is 0 Å². The van der Waals surface area contributed by atoms with Crippen molar-refractivity contribution >= 4 is 22.5 Å². The van der Waals surface area contributed by atoms with Crippen LogP contribution in [0.15, 0.2) is 48.7 Å². The van der Waals surface area contributed by atoms with Gasteiger partial charge < -0.3 is 14.2 Å². The summed E-state index contributed by atoms with van der Waals surface area (Å²) in [6.07, 6.45) is 2.15. The fourth-order valence-electron chi connectivity index (χ4n) is 3.49. The molecule has 0 aliphatic carbocycles. The van der Waals surface area contributed by atoms with Crippen LogP contribution in [-0.2, 0) is 22.6 Å². The van der Waals surface area contributed by atoms with E-state index in [4.69, 9.17) is 14.2 Å². The predicted octanol–water partition coefficient (Wildman–Crippen LogP) is 4.95. The lowest BCUT2D eigenvalue weighted by Gasteiger charge is -2.17. The first-order valence-electron chi connectivity index (χ1n) is 10.6. The number of fused-ring (bicyclic) bond motifs is 1. The Balaban J connectivity index is 1.79. The van der Waals surface area contributed by atoms with Crippen LogP contribution in [0.5, 0.6) is 17.2 Å². The highest BCUT2D eigenvalue weighted by atomic mass is 16.5. The molecule has 0 aliphatic heterocycles. The van der Waals surface area contributed by atoms with E-state index in [1.165, 1.54) is 13.8 Å². The molecule has 0 saturated heterocycles. The van der Waals surface area contributed by atoms with Gasteiger partial charge in [-0.15, -0.1) is 0 Å². The first-order valence-corrected chi connectivity index (χ1v) is 10.6. The van der Waals surface area contributed by atoms with Crippen molar-refractivity contribution in [3.63, 3.8) is 0 Å². The summed E-state index contributed by atoms with van der Waals surface area (Å²) in [5.74, 6) is 1.31. The molecular formula is C26H29NO5. The molecular weight excluding hydrogens is 406 g/mol. The lowest BCUT2D eigenvalue weighted by Crippen LogP contribution is -2.21. The summed E-state index contributed by atoms with van der Waals surface area (Å²) in [6, 6.07) is 13.1. The number of ketones is 2. The van der Waals surface area contributed by atoms with Gasteiger partial charge in [0, 0.05) is 11.6 Å². The maximum Gasteiger partial charge on any atom is 0.140 e. The zero-order valence-electron chi connectivity index (χ0n) is 19.2. The zero-order valence-corrected chi connectivity index (χ0v) is 19.2. The number of rotatable bonds is 10. The summed E-state index contributed by atoms with van der Waals surface area (Å²) in [7, 11) is 1.63. The number of nitrogens with zero attached hydrogens (tertiary/aromatic N) is 1. The summed E-state index contributed by atoms with van der Waals surface area (Å²) in [4.78, 5) is 27.9. The second-order valence-electron chi connectivity index (χ2n) is 8.07. The van der Waals surface area contributed by atoms with E-state index >= 15 is 0 Å². The molecule has 0 unspecified atom stereocenters. The average molecular weight is 436 g/mol. The largest absolute Gasteiger partial charge is 0.497 e. The van der Waals surface area contributed by atoms with Crippen LogP contribution in [0.3, 0.4) is 0 Å². The van der Waals surface area contributed by atoms with E-state index < -0.39 is 5.92 Å². The second-order valence-corrected chi connectivity index (χ2v) is 8.07. The molecule has 0 fully saturated rings. The smallest absolute Gasteiger partial charge is 0.140 e. The van der Waals surface area contributed by atoms with E-state index in [0.717, 1.165) is 33.5 Å². The molecule has 0 bridgehead atoms. The van der Waals surface area contributed by atoms with Crippen molar-refractivity contribution in [2.45, 2.75) is 46.8 Å². The van der Waals surface area contributed by atoms with Crippen molar-refractivity contribution in [1.29, 1.82) is 0 Å². The molecule has 2 aromatic carbocycles. The predicted molar refractivity (Wildman–Crippen MR) is 123 cm³/mol. The van der Waals surface area contributed by atoms with Gasteiger partial charge >= 0.3 is 0 Å². The van der Waals surface area contributed by atoms with E-state index in [1.54, 1.807) is 13.3 Å². The molecule has 32 heavy (non-hydrogen) atoms. The van der Waals surface area contributed by atoms with Gasteiger partial charge in [0.05, 0.1) is 30.2 Å². The minimum absolute atomic E-state index is 0.0136. The summed E-state index contributed by atoms with van der Waals surface area (Å²) in [5.41, 5.74) is 2.56. The molecule has 0 amide bonds. The van der Waals surface area contributed by atoms with E-state index in [1.807, 2.05) is 56.3 Å². The SMILES string of the molecule is COc1ccc2ncc(COc3ccc(CC(C(C)=O)C(C)=O)cc3)c(OC(C)C)c2c1. The number of ether oxygens (including phenoxy) is 3. The molecule has 1 aromatic heterocycles. The molecule has 0 aliphatic rings. The van der Waals surface area contributed by atoms with E-state index in [9.17, 15) is 9.59 Å². The molecule has 3 aromatic rings. The standard InChI is InChI=1S/C26H29NO5/c1-16(2)32-26-20(14-27-25-11-10-22(30-5)13-24(25)26)15-31-21-8-6-19(7-9-21)12-23(17(3)28)18(4)29/h6-11,13-14,16,23H,12,15H2,1-5H3. The first-order chi connectivity index (χ1) is 15.3. The zero-order chi connectivity index (χ0) is 23.3. The number of hydrogen-bond donors (Lipinski definition) is 0. The third kappa shape index (κ3) is 5.63. The quantitative estimate of drug-likeness (QED) is 0.420. The van der Waals surface area contributed by atoms with E-state index in [2.05, 4.69) is 4.98 Å². The van der Waals surface area contributed by atoms with Crippen molar-refractivity contribution < 1.29 is 23.8 Å². The number of pyridine rings is 1. The highest BCUT2D eigenvalue weighted by Gasteiger charge is 2.20. The van der Waals surface area contributed by atoms with Crippen LogP contribution in [0.4, 0.5) is 0 Å². The average Bonchev–Trinajstić information content (AvgIpc) is 2.76. The Bertz CT molecular complexity index is 1090. The third-order valence-electron chi connectivity index (χ3n) is 5.19. The van der Waals surface area contributed by atoms with Crippen molar-refractivity contribution in [3.05, 3.63) is 59.8 Å². The first kappa shape index (κ1) is 23.3. The summed E-state index contributed by atoms with van der Waals surface area (Å²) in [5, 5.41) is 0.869. The molecule has 3 rings (SSSR count). The lowest BCUT2D eigenvalue weighted by molar-refractivity contribution is -0.130. The molecule has 168 valence electrons. The molecule has 6 nitrogen and oxygen atoms in total. The molecule has 6 heteroatoms. The van der Waals surface area contributed by atoms with Crippen LogP contribution in [0.2, 0.25) is 0 Å². The van der Waals surface area contributed by atoms with Gasteiger partial charge in [-0.3, -0.25) is 14.6 Å². The molecule has 0 N–H and O–H groups in total. The number of carbonyl (C=O) groups excluding carboxylic acids is 2. The maximum atomic E-state index is 11.7. The van der Waals surface area contributed by atoms with Gasteiger partial charge in [0.25, 0.3) is 0 Å². The summed E-state index contributed by atoms with van der Waals surface area (Å²) < 4.78 is 17.5. The van der Waals surface area contributed by atoms with Gasteiger partial charge in [-0.2, -0.15) is 0 Å². The number of aromatic nitrogens is 1.